The topological polar surface area (TPSA) is 73.2 Å². The summed E-state index contributed by atoms with van der Waals surface area (Å²) in [6.45, 7) is 2.51. The molecule has 0 amide bonds. The van der Waals surface area contributed by atoms with Crippen molar-refractivity contribution in [3.8, 4) is 11.1 Å². The highest BCUT2D eigenvalue weighted by molar-refractivity contribution is 5.64. The van der Waals surface area contributed by atoms with Gasteiger partial charge in [-0.1, -0.05) is 36.4 Å². The summed E-state index contributed by atoms with van der Waals surface area (Å²) in [5, 5.41) is 29.0. The predicted octanol–water partition coefficient (Wildman–Crippen LogP) is 3.46. The molecule has 5 nitrogen and oxygen atoms in total. The van der Waals surface area contributed by atoms with Crippen molar-refractivity contribution in [3.63, 3.8) is 0 Å². The van der Waals surface area contributed by atoms with Crippen molar-refractivity contribution in [1.29, 1.82) is 0 Å². The zero-order chi connectivity index (χ0) is 23.1. The number of hydrogen-bond donors (Lipinski definition) is 3. The molecule has 32 heavy (non-hydrogen) atoms. The van der Waals surface area contributed by atoms with Crippen molar-refractivity contribution in [3.05, 3.63) is 59.7 Å². The van der Waals surface area contributed by atoms with Gasteiger partial charge in [0.05, 0.1) is 24.4 Å². The average Bonchev–Trinajstić information content (AvgIpc) is 2.76. The summed E-state index contributed by atoms with van der Waals surface area (Å²) in [6, 6.07) is 12.6. The van der Waals surface area contributed by atoms with Crippen LogP contribution in [0, 0.1) is 0 Å². The molecular formula is C24H30F3NO4. The lowest BCUT2D eigenvalue weighted by atomic mass is 10.0. The van der Waals surface area contributed by atoms with E-state index in [9.17, 15) is 28.5 Å². The number of nitrogens with zero attached hydrogens (tertiary/aromatic N) is 1. The molecule has 0 radical (unpaired) electrons. The van der Waals surface area contributed by atoms with Gasteiger partial charge in [-0.15, -0.1) is 0 Å². The van der Waals surface area contributed by atoms with E-state index in [2.05, 4.69) is 0 Å². The maximum Gasteiger partial charge on any atom is 0.416 e. The number of alkyl halides is 3. The SMILES string of the molecule is OC1[C@H](O)CN(CCCCCOCc2ccc(-c3cccc(C(F)(F)F)c3)cc2)C[C@@H]1O. The van der Waals surface area contributed by atoms with Gasteiger partial charge in [0.15, 0.2) is 0 Å². The molecule has 1 unspecified atom stereocenters. The number of rotatable bonds is 9. The minimum absolute atomic E-state index is 0.366. The van der Waals surface area contributed by atoms with E-state index in [0.29, 0.717) is 31.9 Å². The molecule has 3 atom stereocenters. The molecule has 176 valence electrons. The zero-order valence-corrected chi connectivity index (χ0v) is 17.8. The Labute approximate surface area is 186 Å². The van der Waals surface area contributed by atoms with Crippen molar-refractivity contribution in [2.24, 2.45) is 0 Å². The minimum Gasteiger partial charge on any atom is -0.389 e. The highest BCUT2D eigenvalue weighted by Crippen LogP contribution is 2.32. The van der Waals surface area contributed by atoms with E-state index in [4.69, 9.17) is 4.74 Å². The molecule has 0 bridgehead atoms. The van der Waals surface area contributed by atoms with Crippen LogP contribution in [-0.2, 0) is 17.5 Å². The maximum atomic E-state index is 12.9. The van der Waals surface area contributed by atoms with Crippen LogP contribution in [0.4, 0.5) is 13.2 Å². The predicted molar refractivity (Wildman–Crippen MR) is 115 cm³/mol. The Kier molecular flexibility index (Phi) is 8.67. The number of β-amino-alcohol motifs (C(OH)–C–C–N with tert-alkyl or cyclic N) is 2. The van der Waals surface area contributed by atoms with E-state index >= 15 is 0 Å². The fourth-order valence-corrected chi connectivity index (χ4v) is 3.83. The summed E-state index contributed by atoms with van der Waals surface area (Å²) in [5.74, 6) is 0. The lowest BCUT2D eigenvalue weighted by molar-refractivity contribution is -0.137. The molecule has 0 spiro atoms. The van der Waals surface area contributed by atoms with Gasteiger partial charge in [-0.05, 0) is 54.6 Å². The monoisotopic (exact) mass is 453 g/mol. The van der Waals surface area contributed by atoms with Crippen LogP contribution in [0.25, 0.3) is 11.1 Å². The number of aliphatic hydroxyl groups is 3. The number of aliphatic hydroxyl groups excluding tert-OH is 3. The second kappa shape index (κ2) is 11.2. The van der Waals surface area contributed by atoms with Gasteiger partial charge in [0.25, 0.3) is 0 Å². The van der Waals surface area contributed by atoms with Crippen molar-refractivity contribution in [2.75, 3.05) is 26.2 Å². The quantitative estimate of drug-likeness (QED) is 0.508. The molecule has 2 aromatic rings. The number of hydrogen-bond acceptors (Lipinski definition) is 5. The van der Waals surface area contributed by atoms with Gasteiger partial charge in [-0.2, -0.15) is 13.2 Å². The largest absolute Gasteiger partial charge is 0.416 e. The van der Waals surface area contributed by atoms with Gasteiger partial charge < -0.3 is 20.1 Å². The van der Waals surface area contributed by atoms with Gasteiger partial charge in [0.1, 0.15) is 6.10 Å². The number of ether oxygens (including phenoxy) is 1. The van der Waals surface area contributed by atoms with Crippen LogP contribution in [0.2, 0.25) is 0 Å². The Morgan fingerprint density at radius 1 is 0.875 bits per heavy atom. The molecule has 1 saturated heterocycles. The second-order valence-electron chi connectivity index (χ2n) is 8.27. The maximum absolute atomic E-state index is 12.9. The Balaban J connectivity index is 1.34. The first-order valence-corrected chi connectivity index (χ1v) is 10.8. The fraction of sp³-hybridized carbons (Fsp3) is 0.500. The van der Waals surface area contributed by atoms with Crippen LogP contribution in [0.1, 0.15) is 30.4 Å². The molecular weight excluding hydrogens is 423 g/mol. The van der Waals surface area contributed by atoms with Crippen LogP contribution in [-0.4, -0.2) is 64.8 Å². The molecule has 1 aliphatic rings. The van der Waals surface area contributed by atoms with Crippen LogP contribution in [0.3, 0.4) is 0 Å². The molecule has 3 rings (SSSR count). The first-order chi connectivity index (χ1) is 15.2. The molecule has 0 aromatic heterocycles. The molecule has 1 aliphatic heterocycles. The average molecular weight is 454 g/mol. The lowest BCUT2D eigenvalue weighted by Gasteiger charge is -2.36. The van der Waals surface area contributed by atoms with Gasteiger partial charge in [0.2, 0.25) is 0 Å². The summed E-state index contributed by atoms with van der Waals surface area (Å²) in [7, 11) is 0. The normalized spacial score (nSPS) is 22.2. The third kappa shape index (κ3) is 7.02. The molecule has 1 heterocycles. The van der Waals surface area contributed by atoms with E-state index in [0.717, 1.165) is 49.1 Å². The minimum atomic E-state index is -4.36. The summed E-state index contributed by atoms with van der Waals surface area (Å²) >= 11 is 0. The second-order valence-corrected chi connectivity index (χ2v) is 8.27. The van der Waals surface area contributed by atoms with Gasteiger partial charge in [-0.3, -0.25) is 4.90 Å². The summed E-state index contributed by atoms with van der Waals surface area (Å²) in [5.41, 5.74) is 1.54. The lowest BCUT2D eigenvalue weighted by Crippen LogP contribution is -2.55. The molecule has 8 heteroatoms. The van der Waals surface area contributed by atoms with E-state index in [-0.39, 0.29) is 0 Å². The van der Waals surface area contributed by atoms with Gasteiger partial charge >= 0.3 is 6.18 Å². The molecule has 0 saturated carbocycles. The Morgan fingerprint density at radius 2 is 1.56 bits per heavy atom. The van der Waals surface area contributed by atoms with E-state index in [1.165, 1.54) is 6.07 Å². The first-order valence-electron chi connectivity index (χ1n) is 10.8. The highest BCUT2D eigenvalue weighted by Gasteiger charge is 2.33. The van der Waals surface area contributed by atoms with E-state index in [1.807, 2.05) is 17.0 Å². The summed E-state index contributed by atoms with van der Waals surface area (Å²) in [4.78, 5) is 1.95. The van der Waals surface area contributed by atoms with Crippen molar-refractivity contribution >= 4 is 0 Å². The number of likely N-dealkylation sites (tertiary alicyclic amines) is 1. The van der Waals surface area contributed by atoms with Gasteiger partial charge in [0, 0.05) is 19.7 Å². The van der Waals surface area contributed by atoms with Crippen molar-refractivity contribution in [2.45, 2.75) is 50.4 Å². The fourth-order valence-electron chi connectivity index (χ4n) is 3.83. The van der Waals surface area contributed by atoms with Crippen LogP contribution in [0.5, 0.6) is 0 Å². The summed E-state index contributed by atoms with van der Waals surface area (Å²) < 4.78 is 44.4. The molecule has 3 N–H and O–H groups in total. The van der Waals surface area contributed by atoms with E-state index in [1.54, 1.807) is 18.2 Å². The number of benzene rings is 2. The Morgan fingerprint density at radius 3 is 2.22 bits per heavy atom. The van der Waals surface area contributed by atoms with Crippen LogP contribution in [0.15, 0.2) is 48.5 Å². The standard InChI is InChI=1S/C24H30F3NO4/c25-24(26,27)20-6-4-5-19(13-20)18-9-7-17(8-10-18)16-32-12-3-1-2-11-28-14-21(29)23(31)22(30)15-28/h4-10,13,21-23,29-31H,1-3,11-12,14-16H2/t21-,22+,23?. The van der Waals surface area contributed by atoms with E-state index < -0.39 is 30.1 Å². The number of piperidine rings is 1. The Bertz CT molecular complexity index is 832. The zero-order valence-electron chi connectivity index (χ0n) is 17.8. The van der Waals surface area contributed by atoms with Crippen molar-refractivity contribution < 1.29 is 33.2 Å². The van der Waals surface area contributed by atoms with Crippen molar-refractivity contribution in [1.82, 2.24) is 4.90 Å². The first kappa shape index (κ1) is 24.7. The highest BCUT2D eigenvalue weighted by atomic mass is 19.4. The van der Waals surface area contributed by atoms with Crippen LogP contribution >= 0.6 is 0 Å². The molecule has 1 fully saturated rings. The third-order valence-corrected chi connectivity index (χ3v) is 5.69. The molecule has 0 aliphatic carbocycles. The Hall–Kier alpha value is -1.97. The van der Waals surface area contributed by atoms with Gasteiger partial charge in [-0.25, -0.2) is 0 Å². The third-order valence-electron chi connectivity index (χ3n) is 5.69. The number of unbranched alkanes of at least 4 members (excludes halogenated alkanes) is 2. The van der Waals surface area contributed by atoms with Crippen LogP contribution < -0.4 is 0 Å². The molecule has 2 aromatic carbocycles. The smallest absolute Gasteiger partial charge is 0.389 e. The number of halogens is 3. The summed E-state index contributed by atoms with van der Waals surface area (Å²) in [6.07, 6.45) is -4.53.